The highest BCUT2D eigenvalue weighted by atomic mass is 16.2. The van der Waals surface area contributed by atoms with E-state index in [0.717, 1.165) is 5.56 Å². The van der Waals surface area contributed by atoms with E-state index in [-0.39, 0.29) is 11.6 Å². The van der Waals surface area contributed by atoms with Crippen LogP contribution in [0.25, 0.3) is 0 Å². The molecule has 0 unspecified atom stereocenters. The number of rotatable bonds is 4. The summed E-state index contributed by atoms with van der Waals surface area (Å²) in [5.41, 5.74) is 3.54. The van der Waals surface area contributed by atoms with Crippen LogP contribution < -0.4 is 11.3 Å². The second kappa shape index (κ2) is 5.87. The summed E-state index contributed by atoms with van der Waals surface area (Å²) in [5.74, 6) is 5.35. The van der Waals surface area contributed by atoms with Crippen LogP contribution in [-0.4, -0.2) is 32.8 Å². The molecule has 7 nitrogen and oxygen atoms in total. The summed E-state index contributed by atoms with van der Waals surface area (Å²) in [5, 5.41) is 0. The van der Waals surface area contributed by atoms with Crippen LogP contribution in [0.1, 0.15) is 16.1 Å². The lowest BCUT2D eigenvalue weighted by molar-refractivity contribution is 0.0779. The van der Waals surface area contributed by atoms with Gasteiger partial charge in [0.05, 0.1) is 12.4 Å². The molecule has 7 heteroatoms. The molecule has 0 aliphatic rings. The number of hydrogen-bond acceptors (Lipinski definition) is 6. The van der Waals surface area contributed by atoms with Crippen LogP contribution in [0, 0.1) is 0 Å². The molecule has 0 spiro atoms. The van der Waals surface area contributed by atoms with Crippen molar-refractivity contribution in [1.29, 1.82) is 0 Å². The highest BCUT2D eigenvalue weighted by molar-refractivity contribution is 5.92. The van der Waals surface area contributed by atoms with Gasteiger partial charge >= 0.3 is 0 Å². The van der Waals surface area contributed by atoms with E-state index >= 15 is 0 Å². The summed E-state index contributed by atoms with van der Waals surface area (Å²) in [6.45, 7) is 0.453. The summed E-state index contributed by atoms with van der Waals surface area (Å²) in [4.78, 5) is 25.6. The van der Waals surface area contributed by atoms with Crippen molar-refractivity contribution >= 4 is 11.7 Å². The quantitative estimate of drug-likeness (QED) is 0.609. The lowest BCUT2D eigenvalue weighted by Gasteiger charge is -2.16. The van der Waals surface area contributed by atoms with Gasteiger partial charge in [-0.2, -0.15) is 0 Å². The summed E-state index contributed by atoms with van der Waals surface area (Å²) in [6.07, 6.45) is 6.25. The van der Waals surface area contributed by atoms with E-state index in [1.54, 1.807) is 24.3 Å². The van der Waals surface area contributed by atoms with Gasteiger partial charge in [0.15, 0.2) is 5.82 Å². The Balaban J connectivity index is 2.10. The van der Waals surface area contributed by atoms with E-state index in [9.17, 15) is 4.79 Å². The van der Waals surface area contributed by atoms with Crippen LogP contribution in [-0.2, 0) is 6.54 Å². The number of hydrogen-bond donors (Lipinski definition) is 2. The predicted molar refractivity (Wildman–Crippen MR) is 69.9 cm³/mol. The summed E-state index contributed by atoms with van der Waals surface area (Å²) < 4.78 is 0. The van der Waals surface area contributed by atoms with Gasteiger partial charge in [-0.15, -0.1) is 0 Å². The highest BCUT2D eigenvalue weighted by Crippen LogP contribution is 2.07. The number of hydrazine groups is 1. The van der Waals surface area contributed by atoms with Crippen molar-refractivity contribution in [3.05, 3.63) is 48.2 Å². The zero-order valence-electron chi connectivity index (χ0n) is 10.4. The van der Waals surface area contributed by atoms with Gasteiger partial charge in [-0.05, 0) is 11.6 Å². The van der Waals surface area contributed by atoms with E-state index in [4.69, 9.17) is 5.84 Å². The topological polar surface area (TPSA) is 97.0 Å². The Kier molecular flexibility index (Phi) is 3.99. The fourth-order valence-electron chi connectivity index (χ4n) is 1.57. The number of anilines is 1. The lowest BCUT2D eigenvalue weighted by atomic mass is 10.2. The minimum atomic E-state index is -0.228. The van der Waals surface area contributed by atoms with E-state index in [1.807, 2.05) is 12.1 Å². The van der Waals surface area contributed by atoms with Crippen LogP contribution in [0.15, 0.2) is 36.9 Å². The Labute approximate surface area is 110 Å². The molecule has 0 aliphatic heterocycles. The smallest absolute Gasteiger partial charge is 0.274 e. The lowest BCUT2D eigenvalue weighted by Crippen LogP contribution is -2.27. The Bertz CT molecular complexity index is 559. The first-order valence-corrected chi connectivity index (χ1v) is 5.63. The molecule has 2 aromatic heterocycles. The molecule has 19 heavy (non-hydrogen) atoms. The standard InChI is InChI=1S/C12H14N6O/c1-18(8-9-3-2-4-14-5-9)12(19)10-6-15-7-11(16-10)17-13/h2-7H,8,13H2,1H3,(H,16,17). The summed E-state index contributed by atoms with van der Waals surface area (Å²) in [6, 6.07) is 3.73. The average Bonchev–Trinajstić information content (AvgIpc) is 2.47. The Morgan fingerprint density at radius 3 is 2.89 bits per heavy atom. The third-order valence-corrected chi connectivity index (χ3v) is 2.49. The molecule has 3 N–H and O–H groups in total. The van der Waals surface area contributed by atoms with Crippen molar-refractivity contribution in [2.75, 3.05) is 12.5 Å². The Hall–Kier alpha value is -2.54. The number of nitrogens with zero attached hydrogens (tertiary/aromatic N) is 4. The Morgan fingerprint density at radius 2 is 2.21 bits per heavy atom. The van der Waals surface area contributed by atoms with Crippen LogP contribution in [0.5, 0.6) is 0 Å². The first-order chi connectivity index (χ1) is 9.20. The molecule has 0 saturated carbocycles. The van der Waals surface area contributed by atoms with E-state index in [1.165, 1.54) is 12.4 Å². The van der Waals surface area contributed by atoms with Gasteiger partial charge in [0.25, 0.3) is 5.91 Å². The second-order valence-corrected chi connectivity index (χ2v) is 3.96. The number of aromatic nitrogens is 3. The normalized spacial score (nSPS) is 10.0. The second-order valence-electron chi connectivity index (χ2n) is 3.96. The number of nitrogen functional groups attached to an aromatic ring is 1. The monoisotopic (exact) mass is 258 g/mol. The van der Waals surface area contributed by atoms with E-state index < -0.39 is 0 Å². The van der Waals surface area contributed by atoms with E-state index in [2.05, 4.69) is 20.4 Å². The molecule has 0 saturated heterocycles. The number of nitrogens with two attached hydrogens (primary N) is 1. The average molecular weight is 258 g/mol. The van der Waals surface area contributed by atoms with Gasteiger partial charge in [-0.1, -0.05) is 6.07 Å². The van der Waals surface area contributed by atoms with Crippen LogP contribution in [0.4, 0.5) is 5.82 Å². The number of carbonyl (C=O) groups is 1. The Morgan fingerprint density at radius 1 is 1.37 bits per heavy atom. The number of pyridine rings is 1. The first kappa shape index (κ1) is 12.9. The minimum Gasteiger partial charge on any atom is -0.336 e. The minimum absolute atomic E-state index is 0.228. The zero-order valence-corrected chi connectivity index (χ0v) is 10.4. The fourth-order valence-corrected chi connectivity index (χ4v) is 1.57. The van der Waals surface area contributed by atoms with Gasteiger partial charge in [-0.3, -0.25) is 14.8 Å². The molecule has 0 fully saturated rings. The zero-order chi connectivity index (χ0) is 13.7. The molecule has 2 heterocycles. The van der Waals surface area contributed by atoms with Crippen molar-refractivity contribution in [3.63, 3.8) is 0 Å². The summed E-state index contributed by atoms with van der Waals surface area (Å²) >= 11 is 0. The van der Waals surface area contributed by atoms with Gasteiger partial charge in [-0.25, -0.2) is 10.8 Å². The van der Waals surface area contributed by atoms with Gasteiger partial charge in [0.1, 0.15) is 5.69 Å². The van der Waals surface area contributed by atoms with Crippen LogP contribution in [0.2, 0.25) is 0 Å². The maximum atomic E-state index is 12.2. The maximum Gasteiger partial charge on any atom is 0.274 e. The molecular formula is C12H14N6O. The molecule has 2 aromatic rings. The third-order valence-electron chi connectivity index (χ3n) is 2.49. The van der Waals surface area contributed by atoms with Crippen molar-refractivity contribution in [2.45, 2.75) is 6.54 Å². The predicted octanol–water partition coefficient (Wildman–Crippen LogP) is 0.429. The molecule has 0 aromatic carbocycles. The highest BCUT2D eigenvalue weighted by Gasteiger charge is 2.14. The van der Waals surface area contributed by atoms with Crippen molar-refractivity contribution in [1.82, 2.24) is 19.9 Å². The van der Waals surface area contributed by atoms with Gasteiger partial charge in [0, 0.05) is 26.0 Å². The van der Waals surface area contributed by atoms with E-state index in [0.29, 0.717) is 12.4 Å². The molecule has 0 bridgehead atoms. The fraction of sp³-hybridized carbons (Fsp3) is 0.167. The molecular weight excluding hydrogens is 244 g/mol. The number of amides is 1. The van der Waals surface area contributed by atoms with Crippen LogP contribution >= 0.6 is 0 Å². The molecule has 0 aliphatic carbocycles. The van der Waals surface area contributed by atoms with Crippen LogP contribution in [0.3, 0.4) is 0 Å². The molecule has 1 amide bonds. The largest absolute Gasteiger partial charge is 0.336 e. The molecule has 0 radical (unpaired) electrons. The SMILES string of the molecule is CN(Cc1cccnc1)C(=O)c1cncc(NN)n1. The van der Waals surface area contributed by atoms with Gasteiger partial charge in [0.2, 0.25) is 0 Å². The maximum absolute atomic E-state index is 12.2. The molecule has 0 atom stereocenters. The third kappa shape index (κ3) is 3.23. The molecule has 2 rings (SSSR count). The first-order valence-electron chi connectivity index (χ1n) is 5.63. The van der Waals surface area contributed by atoms with Crippen molar-refractivity contribution in [3.8, 4) is 0 Å². The number of nitrogens with one attached hydrogen (secondary N) is 1. The molecule has 98 valence electrons. The van der Waals surface area contributed by atoms with Gasteiger partial charge < -0.3 is 10.3 Å². The van der Waals surface area contributed by atoms with Crippen molar-refractivity contribution in [2.24, 2.45) is 5.84 Å². The number of carbonyl (C=O) groups excluding carboxylic acids is 1. The van der Waals surface area contributed by atoms with Crippen molar-refractivity contribution < 1.29 is 4.79 Å². The summed E-state index contributed by atoms with van der Waals surface area (Å²) in [7, 11) is 1.69.